The molecule has 1 N–H and O–H groups in total. The minimum atomic E-state index is 0.151. The van der Waals surface area contributed by atoms with Crippen LogP contribution < -0.4 is 5.32 Å². The normalized spacial score (nSPS) is 37.7. The van der Waals surface area contributed by atoms with Gasteiger partial charge in [-0.15, -0.1) is 0 Å². The molecule has 14 heavy (non-hydrogen) atoms. The lowest BCUT2D eigenvalue weighted by molar-refractivity contribution is 0.178. The summed E-state index contributed by atoms with van der Waals surface area (Å²) >= 11 is 0. The van der Waals surface area contributed by atoms with Crippen LogP contribution in [0, 0.1) is 11.8 Å². The monoisotopic (exact) mass is 196 g/mol. The highest BCUT2D eigenvalue weighted by Crippen LogP contribution is 2.37. The SMILES string of the molecule is CCC1CCC(N2CCNC2=O)C1C. The number of rotatable bonds is 2. The number of nitrogens with one attached hydrogen (secondary N) is 1. The Morgan fingerprint density at radius 2 is 2.29 bits per heavy atom. The molecule has 3 atom stereocenters. The average molecular weight is 196 g/mol. The smallest absolute Gasteiger partial charge is 0.317 e. The lowest BCUT2D eigenvalue weighted by Crippen LogP contribution is -2.40. The van der Waals surface area contributed by atoms with Crippen molar-refractivity contribution in [3.8, 4) is 0 Å². The minimum absolute atomic E-state index is 0.151. The molecule has 0 bridgehead atoms. The number of carbonyl (C=O) groups excluding carboxylic acids is 1. The van der Waals surface area contributed by atoms with Crippen LogP contribution in [0.25, 0.3) is 0 Å². The van der Waals surface area contributed by atoms with Crippen molar-refractivity contribution in [2.75, 3.05) is 13.1 Å². The molecule has 2 fully saturated rings. The van der Waals surface area contributed by atoms with Crippen LogP contribution in [0.4, 0.5) is 4.79 Å². The van der Waals surface area contributed by atoms with Gasteiger partial charge in [0.15, 0.2) is 0 Å². The van der Waals surface area contributed by atoms with Crippen molar-refractivity contribution in [3.63, 3.8) is 0 Å². The van der Waals surface area contributed by atoms with E-state index in [1.54, 1.807) is 0 Å². The predicted octanol–water partition coefficient (Wildman–Crippen LogP) is 1.84. The maximum Gasteiger partial charge on any atom is 0.317 e. The van der Waals surface area contributed by atoms with E-state index < -0.39 is 0 Å². The second-order valence-corrected chi connectivity index (χ2v) is 4.60. The molecule has 2 amide bonds. The number of carbonyl (C=O) groups is 1. The molecule has 2 rings (SSSR count). The van der Waals surface area contributed by atoms with Crippen LogP contribution in [0.15, 0.2) is 0 Å². The van der Waals surface area contributed by atoms with Crippen molar-refractivity contribution >= 4 is 6.03 Å². The standard InChI is InChI=1S/C11H20N2O/c1-3-9-4-5-10(8(9)2)13-7-6-12-11(13)14/h8-10H,3-7H2,1-2H3,(H,12,14). The Labute approximate surface area is 85.8 Å². The molecule has 0 aromatic carbocycles. The molecular formula is C11H20N2O. The minimum Gasteiger partial charge on any atom is -0.336 e. The highest BCUT2D eigenvalue weighted by molar-refractivity contribution is 5.76. The molecule has 1 saturated heterocycles. The van der Waals surface area contributed by atoms with Crippen LogP contribution in [0.3, 0.4) is 0 Å². The molecule has 3 nitrogen and oxygen atoms in total. The van der Waals surface area contributed by atoms with E-state index in [0.29, 0.717) is 12.0 Å². The first-order valence-electron chi connectivity index (χ1n) is 5.78. The van der Waals surface area contributed by atoms with Crippen molar-refractivity contribution < 1.29 is 4.79 Å². The van der Waals surface area contributed by atoms with Gasteiger partial charge >= 0.3 is 6.03 Å². The Kier molecular flexibility index (Phi) is 2.66. The van der Waals surface area contributed by atoms with E-state index in [4.69, 9.17) is 0 Å². The average Bonchev–Trinajstić information content (AvgIpc) is 2.72. The maximum atomic E-state index is 11.5. The van der Waals surface area contributed by atoms with Gasteiger partial charge in [-0.2, -0.15) is 0 Å². The number of hydrogen-bond donors (Lipinski definition) is 1. The highest BCUT2D eigenvalue weighted by Gasteiger charge is 2.38. The summed E-state index contributed by atoms with van der Waals surface area (Å²) in [7, 11) is 0. The van der Waals surface area contributed by atoms with Crippen LogP contribution in [0.2, 0.25) is 0 Å². The van der Waals surface area contributed by atoms with E-state index in [-0.39, 0.29) is 6.03 Å². The van der Waals surface area contributed by atoms with Crippen LogP contribution in [0.5, 0.6) is 0 Å². The van der Waals surface area contributed by atoms with Gasteiger partial charge in [-0.05, 0) is 24.7 Å². The third-order valence-corrected chi connectivity index (χ3v) is 4.00. The summed E-state index contributed by atoms with van der Waals surface area (Å²) < 4.78 is 0. The van der Waals surface area contributed by atoms with E-state index >= 15 is 0 Å². The first-order chi connectivity index (χ1) is 6.74. The topological polar surface area (TPSA) is 32.3 Å². The molecule has 0 radical (unpaired) electrons. The lowest BCUT2D eigenvalue weighted by atomic mass is 9.93. The molecule has 0 aromatic heterocycles. The summed E-state index contributed by atoms with van der Waals surface area (Å²) in [6, 6.07) is 0.654. The molecule has 1 saturated carbocycles. The number of amides is 2. The lowest BCUT2D eigenvalue weighted by Gasteiger charge is -2.28. The van der Waals surface area contributed by atoms with Gasteiger partial charge < -0.3 is 10.2 Å². The van der Waals surface area contributed by atoms with Gasteiger partial charge in [-0.3, -0.25) is 0 Å². The molecule has 1 heterocycles. The van der Waals surface area contributed by atoms with Gasteiger partial charge in [0.2, 0.25) is 0 Å². The summed E-state index contributed by atoms with van der Waals surface area (Å²) in [5.74, 6) is 1.51. The Morgan fingerprint density at radius 3 is 2.79 bits per heavy atom. The molecule has 0 spiro atoms. The number of hydrogen-bond acceptors (Lipinski definition) is 1. The van der Waals surface area contributed by atoms with E-state index in [1.165, 1.54) is 19.3 Å². The second-order valence-electron chi connectivity index (χ2n) is 4.60. The molecule has 1 aliphatic carbocycles. The van der Waals surface area contributed by atoms with E-state index in [0.717, 1.165) is 19.0 Å². The fraction of sp³-hybridized carbons (Fsp3) is 0.909. The van der Waals surface area contributed by atoms with Crippen LogP contribution in [-0.4, -0.2) is 30.1 Å². The molecule has 0 aromatic rings. The van der Waals surface area contributed by atoms with Crippen molar-refractivity contribution in [2.45, 2.75) is 39.2 Å². The zero-order chi connectivity index (χ0) is 10.1. The Morgan fingerprint density at radius 1 is 1.50 bits per heavy atom. The first kappa shape index (κ1) is 9.81. The molecule has 3 unspecified atom stereocenters. The molecule has 3 heteroatoms. The van der Waals surface area contributed by atoms with Gasteiger partial charge in [0.1, 0.15) is 0 Å². The second kappa shape index (κ2) is 3.79. The Bertz CT molecular complexity index is 229. The van der Waals surface area contributed by atoms with Gasteiger partial charge in [0, 0.05) is 19.1 Å². The first-order valence-corrected chi connectivity index (χ1v) is 5.78. The van der Waals surface area contributed by atoms with E-state index in [1.807, 2.05) is 4.90 Å². The largest absolute Gasteiger partial charge is 0.336 e. The summed E-state index contributed by atoms with van der Waals surface area (Å²) in [6.45, 7) is 6.30. The van der Waals surface area contributed by atoms with Gasteiger partial charge in [0.25, 0.3) is 0 Å². The van der Waals surface area contributed by atoms with Crippen LogP contribution in [-0.2, 0) is 0 Å². The number of nitrogens with zero attached hydrogens (tertiary/aromatic N) is 1. The van der Waals surface area contributed by atoms with Crippen molar-refractivity contribution in [1.82, 2.24) is 10.2 Å². The van der Waals surface area contributed by atoms with Gasteiger partial charge in [-0.1, -0.05) is 20.3 Å². The van der Waals surface area contributed by atoms with Gasteiger partial charge in [0.05, 0.1) is 0 Å². The maximum absolute atomic E-state index is 11.5. The van der Waals surface area contributed by atoms with Gasteiger partial charge in [-0.25, -0.2) is 4.79 Å². The Hall–Kier alpha value is -0.730. The fourth-order valence-electron chi connectivity index (χ4n) is 3.04. The molecular weight excluding hydrogens is 176 g/mol. The van der Waals surface area contributed by atoms with Crippen molar-refractivity contribution in [3.05, 3.63) is 0 Å². The summed E-state index contributed by atoms with van der Waals surface area (Å²) in [4.78, 5) is 13.6. The predicted molar refractivity (Wildman–Crippen MR) is 56.1 cm³/mol. The zero-order valence-electron chi connectivity index (χ0n) is 9.12. The van der Waals surface area contributed by atoms with E-state index in [2.05, 4.69) is 19.2 Å². The molecule has 80 valence electrons. The van der Waals surface area contributed by atoms with E-state index in [9.17, 15) is 4.79 Å². The summed E-state index contributed by atoms with van der Waals surface area (Å²) in [5, 5.41) is 2.89. The van der Waals surface area contributed by atoms with Crippen molar-refractivity contribution in [2.24, 2.45) is 11.8 Å². The Balaban J connectivity index is 2.02. The quantitative estimate of drug-likeness (QED) is 0.718. The molecule has 1 aliphatic heterocycles. The number of urea groups is 1. The summed E-state index contributed by atoms with van der Waals surface area (Å²) in [6.07, 6.45) is 3.76. The molecule has 2 aliphatic rings. The highest BCUT2D eigenvalue weighted by atomic mass is 16.2. The van der Waals surface area contributed by atoms with Crippen molar-refractivity contribution in [1.29, 1.82) is 0 Å². The van der Waals surface area contributed by atoms with Crippen LogP contribution in [0.1, 0.15) is 33.1 Å². The summed E-state index contributed by atoms with van der Waals surface area (Å²) in [5.41, 5.74) is 0. The zero-order valence-corrected chi connectivity index (χ0v) is 9.12. The third kappa shape index (κ3) is 1.49. The fourth-order valence-corrected chi connectivity index (χ4v) is 3.04. The third-order valence-electron chi connectivity index (χ3n) is 4.00. The van der Waals surface area contributed by atoms with Crippen LogP contribution >= 0.6 is 0 Å².